The van der Waals surface area contributed by atoms with Crippen molar-refractivity contribution in [1.29, 1.82) is 0 Å². The van der Waals surface area contributed by atoms with Gasteiger partial charge >= 0.3 is 0 Å². The van der Waals surface area contributed by atoms with Crippen LogP contribution in [0.4, 0.5) is 0 Å². The molecule has 2 heterocycles. The summed E-state index contributed by atoms with van der Waals surface area (Å²) in [6.45, 7) is 9.51. The van der Waals surface area contributed by atoms with Crippen molar-refractivity contribution in [3.8, 4) is 0 Å². The van der Waals surface area contributed by atoms with Crippen molar-refractivity contribution >= 4 is 0 Å². The van der Waals surface area contributed by atoms with E-state index in [9.17, 15) is 0 Å². The largest absolute Gasteiger partial charge is 0.381 e. The van der Waals surface area contributed by atoms with Crippen LogP contribution in [0.15, 0.2) is 0 Å². The van der Waals surface area contributed by atoms with Crippen LogP contribution in [0.25, 0.3) is 0 Å². The van der Waals surface area contributed by atoms with Gasteiger partial charge in [0.05, 0.1) is 6.61 Å². The Bertz CT molecular complexity index is 137. The van der Waals surface area contributed by atoms with E-state index in [2.05, 4.69) is 11.8 Å². The molecule has 70 valence electrons. The van der Waals surface area contributed by atoms with E-state index in [1.165, 1.54) is 26.1 Å². The Kier molecular flexibility index (Phi) is 3.75. The van der Waals surface area contributed by atoms with Crippen molar-refractivity contribution in [2.24, 2.45) is 5.41 Å². The zero-order valence-corrected chi connectivity index (χ0v) is 10.4. The molecule has 2 nitrogen and oxygen atoms in total. The van der Waals surface area contributed by atoms with Gasteiger partial charge in [0.1, 0.15) is 0 Å². The van der Waals surface area contributed by atoms with Gasteiger partial charge in [0.15, 0.2) is 0 Å². The van der Waals surface area contributed by atoms with Crippen LogP contribution in [0.3, 0.4) is 0 Å². The Hall–Kier alpha value is 0.608. The molecule has 2 aliphatic rings. The third kappa shape index (κ3) is 1.92. The minimum atomic E-state index is 0. The van der Waals surface area contributed by atoms with Gasteiger partial charge in [-0.15, -0.1) is 0 Å². The molecule has 0 aromatic carbocycles. The second kappa shape index (κ2) is 4.21. The van der Waals surface area contributed by atoms with Crippen molar-refractivity contribution in [2.45, 2.75) is 12.8 Å². The summed E-state index contributed by atoms with van der Waals surface area (Å²) in [5.74, 6) is 0. The molecule has 0 atom stereocenters. The fourth-order valence-electron chi connectivity index (χ4n) is 2.18. The van der Waals surface area contributed by atoms with Crippen LogP contribution >= 0.6 is 0 Å². The second-order valence-electron chi connectivity index (χ2n) is 3.87. The summed E-state index contributed by atoms with van der Waals surface area (Å²) in [4.78, 5) is 2.47. The van der Waals surface area contributed by atoms with E-state index >= 15 is 0 Å². The van der Waals surface area contributed by atoms with Gasteiger partial charge in [-0.3, -0.25) is 0 Å². The average Bonchev–Trinajstić information content (AvgIpc) is 2.35. The van der Waals surface area contributed by atoms with Crippen LogP contribution in [-0.2, 0) is 25.8 Å². The molecule has 2 fully saturated rings. The first kappa shape index (κ1) is 10.7. The van der Waals surface area contributed by atoms with Gasteiger partial charge in [-0.05, 0) is 13.0 Å². The fourth-order valence-corrected chi connectivity index (χ4v) is 2.18. The molecule has 2 saturated heterocycles. The first-order valence-electron chi connectivity index (χ1n) is 4.44. The number of rotatable bonds is 2. The standard InChI is InChI=1S/C9H16NO.W/c1-2-4-10-6-9(7-10)3-5-11-8-9;/h1-8H2;/q-1;. The number of likely N-dealkylation sites (tertiary alicyclic amines) is 1. The van der Waals surface area contributed by atoms with Crippen LogP contribution in [-0.4, -0.2) is 37.7 Å². The van der Waals surface area contributed by atoms with Gasteiger partial charge < -0.3 is 16.6 Å². The molecule has 0 aromatic heterocycles. The number of ether oxygens (including phenoxy) is 1. The molecule has 0 saturated carbocycles. The van der Waals surface area contributed by atoms with E-state index in [0.29, 0.717) is 5.41 Å². The second-order valence-corrected chi connectivity index (χ2v) is 3.87. The van der Waals surface area contributed by atoms with E-state index in [1.54, 1.807) is 0 Å². The van der Waals surface area contributed by atoms with E-state index in [1.807, 2.05) is 0 Å². The summed E-state index contributed by atoms with van der Waals surface area (Å²) in [5.41, 5.74) is 0.565. The molecule has 12 heavy (non-hydrogen) atoms. The third-order valence-corrected chi connectivity index (χ3v) is 2.78. The topological polar surface area (TPSA) is 12.5 Å². The SMILES string of the molecule is [CH2-]CCN1CC2(CCOC2)C1.[W]. The quantitative estimate of drug-likeness (QED) is 0.695. The van der Waals surface area contributed by atoms with Crippen LogP contribution in [0.5, 0.6) is 0 Å². The van der Waals surface area contributed by atoms with Crippen molar-refractivity contribution in [3.63, 3.8) is 0 Å². The van der Waals surface area contributed by atoms with Gasteiger partial charge in [0.2, 0.25) is 0 Å². The summed E-state index contributed by atoms with van der Waals surface area (Å²) < 4.78 is 5.39. The Morgan fingerprint density at radius 1 is 1.42 bits per heavy atom. The van der Waals surface area contributed by atoms with E-state index in [0.717, 1.165) is 19.6 Å². The van der Waals surface area contributed by atoms with Gasteiger partial charge in [-0.25, -0.2) is 0 Å². The van der Waals surface area contributed by atoms with Gasteiger partial charge in [-0.1, -0.05) is 0 Å². The van der Waals surface area contributed by atoms with E-state index in [4.69, 9.17) is 4.74 Å². The van der Waals surface area contributed by atoms with Crippen LogP contribution < -0.4 is 0 Å². The monoisotopic (exact) mass is 338 g/mol. The molecule has 0 amide bonds. The zero-order chi connectivity index (χ0) is 7.73. The molecule has 3 heteroatoms. The molecule has 2 rings (SSSR count). The van der Waals surface area contributed by atoms with Gasteiger partial charge in [0, 0.05) is 46.2 Å². The van der Waals surface area contributed by atoms with E-state index < -0.39 is 0 Å². The number of hydrogen-bond donors (Lipinski definition) is 0. The molecule has 2 aliphatic heterocycles. The minimum absolute atomic E-state index is 0. The van der Waals surface area contributed by atoms with Crippen LogP contribution in [0.1, 0.15) is 12.8 Å². The maximum Gasteiger partial charge on any atom is 0.0547 e. The predicted molar refractivity (Wildman–Crippen MR) is 44.3 cm³/mol. The van der Waals surface area contributed by atoms with Crippen molar-refractivity contribution in [2.75, 3.05) is 32.8 Å². The first-order chi connectivity index (χ1) is 5.35. The third-order valence-electron chi connectivity index (χ3n) is 2.78. The van der Waals surface area contributed by atoms with Crippen molar-refractivity contribution < 1.29 is 25.8 Å². The normalized spacial score (nSPS) is 26.8. The average molecular weight is 338 g/mol. The number of nitrogens with zero attached hydrogens (tertiary/aromatic N) is 1. The Labute approximate surface area is 88.9 Å². The summed E-state index contributed by atoms with van der Waals surface area (Å²) in [6, 6.07) is 0. The molecule has 0 radical (unpaired) electrons. The molecule has 0 unspecified atom stereocenters. The molecule has 0 aliphatic carbocycles. The maximum atomic E-state index is 5.39. The summed E-state index contributed by atoms with van der Waals surface area (Å²) in [7, 11) is 0. The summed E-state index contributed by atoms with van der Waals surface area (Å²) in [5, 5.41) is 0. The Balaban J connectivity index is 0.000000720. The molecule has 1 spiro atoms. The molecular formula is C9H16NOW-. The fraction of sp³-hybridized carbons (Fsp3) is 0.889. The minimum Gasteiger partial charge on any atom is -0.381 e. The van der Waals surface area contributed by atoms with Gasteiger partial charge in [0.25, 0.3) is 0 Å². The van der Waals surface area contributed by atoms with Crippen LogP contribution in [0.2, 0.25) is 0 Å². The summed E-state index contributed by atoms with van der Waals surface area (Å²) in [6.07, 6.45) is 2.32. The number of hydrogen-bond acceptors (Lipinski definition) is 2. The molecule has 0 bridgehead atoms. The first-order valence-corrected chi connectivity index (χ1v) is 4.44. The van der Waals surface area contributed by atoms with Crippen molar-refractivity contribution in [3.05, 3.63) is 6.92 Å². The molecule has 0 aromatic rings. The summed E-state index contributed by atoms with van der Waals surface area (Å²) >= 11 is 0. The van der Waals surface area contributed by atoms with E-state index in [-0.39, 0.29) is 21.1 Å². The van der Waals surface area contributed by atoms with Crippen LogP contribution in [0, 0.1) is 12.3 Å². The Morgan fingerprint density at radius 2 is 2.17 bits per heavy atom. The predicted octanol–water partition coefficient (Wildman–Crippen LogP) is 0.930. The zero-order valence-electron chi connectivity index (χ0n) is 7.42. The van der Waals surface area contributed by atoms with Crippen molar-refractivity contribution in [1.82, 2.24) is 4.90 Å². The maximum absolute atomic E-state index is 5.39. The molecule has 0 N–H and O–H groups in total. The molecular weight excluding hydrogens is 322 g/mol. The van der Waals surface area contributed by atoms with Gasteiger partial charge in [-0.2, -0.15) is 6.42 Å². The smallest absolute Gasteiger partial charge is 0.0547 e. The Morgan fingerprint density at radius 3 is 2.67 bits per heavy atom.